The van der Waals surface area contributed by atoms with E-state index in [9.17, 15) is 0 Å². The van der Waals surface area contributed by atoms with E-state index in [0.717, 1.165) is 24.5 Å². The van der Waals surface area contributed by atoms with E-state index >= 15 is 0 Å². The summed E-state index contributed by atoms with van der Waals surface area (Å²) in [5, 5.41) is 0. The molecule has 0 spiro atoms. The minimum atomic E-state index is -0.0203. The number of H-pyrrole nitrogens is 1. The maximum atomic E-state index is 5.66. The molecule has 0 unspecified atom stereocenters. The Morgan fingerprint density at radius 2 is 2.18 bits per heavy atom. The molecule has 6 heteroatoms. The van der Waals surface area contributed by atoms with Crippen LogP contribution in [0.5, 0.6) is 0 Å². The number of nitrogens with zero attached hydrogens (tertiary/aromatic N) is 2. The molecule has 0 aromatic carbocycles. The molecule has 1 aliphatic rings. The maximum Gasteiger partial charge on any atom is 0.108 e. The quantitative estimate of drug-likeness (QED) is 0.790. The fraction of sp³-hybridized carbons (Fsp3) is 0.812. The van der Waals surface area contributed by atoms with E-state index in [4.69, 9.17) is 14.2 Å². The van der Waals surface area contributed by atoms with Crippen LogP contribution >= 0.6 is 0 Å². The van der Waals surface area contributed by atoms with Gasteiger partial charge in [0, 0.05) is 39.1 Å². The number of aryl methyl sites for hydroxylation is 1. The molecule has 1 aromatic rings. The molecule has 6 nitrogen and oxygen atoms in total. The molecule has 1 saturated heterocycles. The van der Waals surface area contributed by atoms with E-state index in [-0.39, 0.29) is 18.2 Å². The lowest BCUT2D eigenvalue weighted by molar-refractivity contribution is -0.153. The molecular formula is C16H29N3O3. The molecule has 0 aliphatic carbocycles. The molecule has 2 rings (SSSR count). The molecule has 1 aromatic heterocycles. The van der Waals surface area contributed by atoms with Crippen molar-refractivity contribution in [1.29, 1.82) is 0 Å². The zero-order valence-corrected chi connectivity index (χ0v) is 14.2. The molecule has 1 aliphatic heterocycles. The molecule has 22 heavy (non-hydrogen) atoms. The van der Waals surface area contributed by atoms with Gasteiger partial charge >= 0.3 is 0 Å². The van der Waals surface area contributed by atoms with Gasteiger partial charge in [-0.2, -0.15) is 0 Å². The van der Waals surface area contributed by atoms with Crippen molar-refractivity contribution < 1.29 is 14.2 Å². The normalized spacial score (nSPS) is 25.8. The van der Waals surface area contributed by atoms with Gasteiger partial charge in [-0.25, -0.2) is 4.98 Å². The average Bonchev–Trinajstić information content (AvgIpc) is 2.99. The summed E-state index contributed by atoms with van der Waals surface area (Å²) >= 11 is 0. The topological polar surface area (TPSA) is 59.6 Å². The molecule has 0 saturated carbocycles. The third-order valence-electron chi connectivity index (χ3n) is 4.33. The molecule has 0 bridgehead atoms. The van der Waals surface area contributed by atoms with Crippen molar-refractivity contribution in [3.05, 3.63) is 17.7 Å². The van der Waals surface area contributed by atoms with E-state index in [1.54, 1.807) is 14.2 Å². The summed E-state index contributed by atoms with van der Waals surface area (Å²) in [6.07, 6.45) is 5.29. The van der Waals surface area contributed by atoms with E-state index in [0.29, 0.717) is 13.2 Å². The summed E-state index contributed by atoms with van der Waals surface area (Å²) in [5.41, 5.74) is 1.13. The zero-order valence-electron chi connectivity index (χ0n) is 14.2. The summed E-state index contributed by atoms with van der Waals surface area (Å²) in [5.74, 6) is 1.07. The van der Waals surface area contributed by atoms with Crippen LogP contribution in [0.3, 0.4) is 0 Å². The number of ether oxygens (including phenoxy) is 3. The molecule has 0 radical (unpaired) electrons. The molecule has 2 heterocycles. The van der Waals surface area contributed by atoms with E-state index in [1.807, 2.05) is 6.20 Å². The van der Waals surface area contributed by atoms with E-state index in [1.165, 1.54) is 12.8 Å². The first kappa shape index (κ1) is 17.4. The Balaban J connectivity index is 1.95. The third kappa shape index (κ3) is 4.29. The van der Waals surface area contributed by atoms with Crippen LogP contribution in [0, 0.1) is 0 Å². The molecule has 3 atom stereocenters. The number of likely N-dealkylation sites (N-methyl/N-ethyl adjacent to an activating group) is 1. The van der Waals surface area contributed by atoms with Crippen LogP contribution in [-0.4, -0.2) is 67.6 Å². The minimum Gasteiger partial charge on any atom is -0.377 e. The fourth-order valence-corrected chi connectivity index (χ4v) is 2.97. The van der Waals surface area contributed by atoms with Crippen LogP contribution in [0.1, 0.15) is 31.3 Å². The number of aromatic nitrogens is 2. The van der Waals surface area contributed by atoms with Crippen LogP contribution in [0.4, 0.5) is 0 Å². The Kier molecular flexibility index (Phi) is 6.82. The number of hydrogen-bond donors (Lipinski definition) is 1. The molecule has 126 valence electrons. The van der Waals surface area contributed by atoms with Crippen molar-refractivity contribution in [2.45, 2.75) is 51.0 Å². The van der Waals surface area contributed by atoms with Gasteiger partial charge in [0.15, 0.2) is 0 Å². The molecule has 0 amide bonds. The Labute approximate surface area is 133 Å². The fourth-order valence-electron chi connectivity index (χ4n) is 2.97. The number of aromatic amines is 1. The van der Waals surface area contributed by atoms with Gasteiger partial charge in [-0.1, -0.05) is 13.3 Å². The Bertz CT molecular complexity index is 438. The van der Waals surface area contributed by atoms with Crippen LogP contribution < -0.4 is 0 Å². The predicted molar refractivity (Wildman–Crippen MR) is 84.9 cm³/mol. The van der Waals surface area contributed by atoms with Crippen molar-refractivity contribution >= 4 is 0 Å². The molecular weight excluding hydrogens is 282 g/mol. The lowest BCUT2D eigenvalue weighted by Crippen LogP contribution is -2.56. The minimum absolute atomic E-state index is 0.0197. The number of nitrogens with one attached hydrogen (secondary N) is 1. The Morgan fingerprint density at radius 1 is 1.36 bits per heavy atom. The van der Waals surface area contributed by atoms with Crippen LogP contribution in [-0.2, 0) is 27.2 Å². The van der Waals surface area contributed by atoms with Crippen molar-refractivity contribution in [2.75, 3.05) is 34.5 Å². The number of unbranched alkanes of at least 4 members (excludes halogenated alkanes) is 1. The van der Waals surface area contributed by atoms with Gasteiger partial charge in [0.25, 0.3) is 0 Å². The van der Waals surface area contributed by atoms with Gasteiger partial charge in [0.2, 0.25) is 0 Å². The highest BCUT2D eigenvalue weighted by Crippen LogP contribution is 2.20. The van der Waals surface area contributed by atoms with Gasteiger partial charge in [0.1, 0.15) is 18.0 Å². The van der Waals surface area contributed by atoms with Crippen molar-refractivity contribution in [3.8, 4) is 0 Å². The highest BCUT2D eigenvalue weighted by molar-refractivity contribution is 5.02. The number of methoxy groups -OCH3 is 2. The van der Waals surface area contributed by atoms with Gasteiger partial charge in [-0.15, -0.1) is 0 Å². The van der Waals surface area contributed by atoms with Crippen molar-refractivity contribution in [3.63, 3.8) is 0 Å². The first-order chi connectivity index (χ1) is 10.7. The summed E-state index contributed by atoms with van der Waals surface area (Å²) in [4.78, 5) is 10.1. The average molecular weight is 311 g/mol. The third-order valence-corrected chi connectivity index (χ3v) is 4.33. The van der Waals surface area contributed by atoms with E-state index in [2.05, 4.69) is 28.8 Å². The first-order valence-electron chi connectivity index (χ1n) is 8.05. The van der Waals surface area contributed by atoms with Crippen molar-refractivity contribution in [2.24, 2.45) is 0 Å². The highest BCUT2D eigenvalue weighted by Gasteiger charge is 2.36. The second kappa shape index (κ2) is 8.62. The molecule has 1 fully saturated rings. The van der Waals surface area contributed by atoms with Crippen LogP contribution in [0.15, 0.2) is 6.20 Å². The number of rotatable bonds is 8. The SMILES string of the molecule is CCCCc1ncc(CN(C)[C@@H]2COC[C@@H](OC)[C@H]2OC)[nH]1. The Morgan fingerprint density at radius 3 is 2.86 bits per heavy atom. The number of hydrogen-bond acceptors (Lipinski definition) is 5. The zero-order chi connectivity index (χ0) is 15.9. The largest absolute Gasteiger partial charge is 0.377 e. The van der Waals surface area contributed by atoms with Crippen molar-refractivity contribution in [1.82, 2.24) is 14.9 Å². The second-order valence-electron chi connectivity index (χ2n) is 5.95. The maximum absolute atomic E-state index is 5.66. The standard InChI is InChI=1S/C16H29N3O3/c1-5-6-7-15-17-8-12(18-15)9-19(2)13-10-22-11-14(20-3)16(13)21-4/h8,13-14,16H,5-7,9-11H2,1-4H3,(H,17,18)/t13-,14-,16+/m1/s1. The van der Waals surface area contributed by atoms with E-state index < -0.39 is 0 Å². The second-order valence-corrected chi connectivity index (χ2v) is 5.95. The predicted octanol–water partition coefficient (Wildman–Crippen LogP) is 1.61. The smallest absolute Gasteiger partial charge is 0.108 e. The first-order valence-corrected chi connectivity index (χ1v) is 8.05. The highest BCUT2D eigenvalue weighted by atomic mass is 16.6. The monoisotopic (exact) mass is 311 g/mol. The Hall–Kier alpha value is -0.950. The van der Waals surface area contributed by atoms with Crippen LogP contribution in [0.25, 0.3) is 0 Å². The number of imidazole rings is 1. The lowest BCUT2D eigenvalue weighted by atomic mass is 10.0. The van der Waals surface area contributed by atoms with Crippen LogP contribution in [0.2, 0.25) is 0 Å². The summed E-state index contributed by atoms with van der Waals surface area (Å²) in [6.45, 7) is 4.23. The van der Waals surface area contributed by atoms with Gasteiger partial charge in [0.05, 0.1) is 19.3 Å². The summed E-state index contributed by atoms with van der Waals surface area (Å²) in [6, 6.07) is 0.172. The molecule has 1 N–H and O–H groups in total. The lowest BCUT2D eigenvalue weighted by Gasteiger charge is -2.40. The summed E-state index contributed by atoms with van der Waals surface area (Å²) in [7, 11) is 5.53. The van der Waals surface area contributed by atoms with Gasteiger partial charge < -0.3 is 19.2 Å². The summed E-state index contributed by atoms with van der Waals surface area (Å²) < 4.78 is 16.8. The van der Waals surface area contributed by atoms with Gasteiger partial charge in [-0.05, 0) is 13.5 Å². The van der Waals surface area contributed by atoms with Gasteiger partial charge in [-0.3, -0.25) is 4.90 Å².